The molecule has 2 amide bonds. The van der Waals surface area contributed by atoms with Crippen LogP contribution < -0.4 is 16.0 Å². The molecule has 1 unspecified atom stereocenters. The Balaban J connectivity index is 0.00000264. The molecule has 1 fully saturated rings. The van der Waals surface area contributed by atoms with Crippen LogP contribution in [0.1, 0.15) is 23.7 Å². The van der Waals surface area contributed by atoms with Crippen LogP contribution in [0.15, 0.2) is 23.0 Å². The second kappa shape index (κ2) is 10.3. The summed E-state index contributed by atoms with van der Waals surface area (Å²) < 4.78 is 4.84. The average Bonchev–Trinajstić information content (AvgIpc) is 3.07. The highest BCUT2D eigenvalue weighted by Gasteiger charge is 2.17. The second-order valence-electron chi connectivity index (χ2n) is 5.44. The quantitative estimate of drug-likeness (QED) is 0.616. The van der Waals surface area contributed by atoms with Crippen LogP contribution in [0.25, 0.3) is 0 Å². The Morgan fingerprint density at radius 1 is 1.39 bits per heavy atom. The summed E-state index contributed by atoms with van der Waals surface area (Å²) >= 11 is 0. The predicted octanol–water partition coefficient (Wildman–Crippen LogP) is 0.231. The molecule has 0 spiro atoms. The fraction of sp³-hybridized carbons (Fsp3) is 0.600. The van der Waals surface area contributed by atoms with Crippen LogP contribution in [-0.2, 0) is 4.79 Å². The molecule has 130 valence electrons. The van der Waals surface area contributed by atoms with Gasteiger partial charge in [0.15, 0.2) is 0 Å². The van der Waals surface area contributed by atoms with Crippen molar-refractivity contribution in [2.45, 2.75) is 19.4 Å². The van der Waals surface area contributed by atoms with Gasteiger partial charge in [0.25, 0.3) is 5.91 Å². The minimum absolute atomic E-state index is 0. The van der Waals surface area contributed by atoms with Gasteiger partial charge in [-0.1, -0.05) is 0 Å². The van der Waals surface area contributed by atoms with Gasteiger partial charge in [0.2, 0.25) is 5.91 Å². The zero-order valence-electron chi connectivity index (χ0n) is 13.3. The van der Waals surface area contributed by atoms with Gasteiger partial charge in [-0.15, -0.1) is 12.4 Å². The highest BCUT2D eigenvalue weighted by molar-refractivity contribution is 5.97. The molecular formula is C15H25ClN4O3. The van der Waals surface area contributed by atoms with Crippen molar-refractivity contribution in [3.63, 3.8) is 0 Å². The summed E-state index contributed by atoms with van der Waals surface area (Å²) in [4.78, 5) is 26.1. The van der Waals surface area contributed by atoms with Gasteiger partial charge in [0.05, 0.1) is 11.8 Å². The smallest absolute Gasteiger partial charge is 0.255 e. The summed E-state index contributed by atoms with van der Waals surface area (Å²) in [6.07, 6.45) is 3.69. The van der Waals surface area contributed by atoms with Gasteiger partial charge in [-0.3, -0.25) is 9.59 Å². The Labute approximate surface area is 142 Å². The van der Waals surface area contributed by atoms with Gasteiger partial charge < -0.3 is 25.3 Å². The van der Waals surface area contributed by atoms with Crippen LogP contribution in [0.4, 0.5) is 0 Å². The maximum atomic E-state index is 11.9. The lowest BCUT2D eigenvalue weighted by Gasteiger charge is -2.27. The average molecular weight is 345 g/mol. The molecule has 8 heteroatoms. The van der Waals surface area contributed by atoms with Crippen molar-refractivity contribution < 1.29 is 14.0 Å². The van der Waals surface area contributed by atoms with E-state index in [-0.39, 0.29) is 24.2 Å². The summed E-state index contributed by atoms with van der Waals surface area (Å²) in [7, 11) is 0. The largest absolute Gasteiger partial charge is 0.472 e. The normalized spacial score (nSPS) is 16.2. The molecular weight excluding hydrogens is 320 g/mol. The third-order valence-corrected chi connectivity index (χ3v) is 3.68. The Hall–Kier alpha value is -1.57. The maximum absolute atomic E-state index is 11.9. The molecule has 1 atom stereocenters. The lowest BCUT2D eigenvalue weighted by atomic mass is 10.2. The molecule has 0 aromatic carbocycles. The number of hydrogen-bond donors (Lipinski definition) is 3. The van der Waals surface area contributed by atoms with Crippen molar-refractivity contribution in [2.24, 2.45) is 0 Å². The van der Waals surface area contributed by atoms with Gasteiger partial charge >= 0.3 is 0 Å². The zero-order chi connectivity index (χ0) is 15.8. The first-order valence-electron chi connectivity index (χ1n) is 7.70. The number of nitrogens with one attached hydrogen (secondary N) is 3. The standard InChI is InChI=1S/C15H24N4O3.ClH/c1-12(18-15(21)13-3-10-22-11-13)14(20)17-4-2-7-19-8-5-16-6-9-19;/h3,10-12,16H,2,4-9H2,1H3,(H,17,20)(H,18,21);1H. The Morgan fingerprint density at radius 3 is 2.78 bits per heavy atom. The monoisotopic (exact) mass is 344 g/mol. The molecule has 23 heavy (non-hydrogen) atoms. The van der Waals surface area contributed by atoms with E-state index in [0.29, 0.717) is 12.1 Å². The molecule has 7 nitrogen and oxygen atoms in total. The first-order valence-corrected chi connectivity index (χ1v) is 7.70. The summed E-state index contributed by atoms with van der Waals surface area (Å²) in [5.74, 6) is -0.477. The van der Waals surface area contributed by atoms with Gasteiger partial charge in [0.1, 0.15) is 12.3 Å². The van der Waals surface area contributed by atoms with Crippen molar-refractivity contribution in [3.8, 4) is 0 Å². The predicted molar refractivity (Wildman–Crippen MR) is 89.8 cm³/mol. The van der Waals surface area contributed by atoms with Crippen LogP contribution in [0.5, 0.6) is 0 Å². The fourth-order valence-corrected chi connectivity index (χ4v) is 2.34. The molecule has 1 aromatic rings. The third kappa shape index (κ3) is 6.60. The molecule has 0 radical (unpaired) electrons. The summed E-state index contributed by atoms with van der Waals surface area (Å²) in [5, 5.41) is 8.81. The van der Waals surface area contributed by atoms with E-state index < -0.39 is 6.04 Å². The van der Waals surface area contributed by atoms with Crippen molar-refractivity contribution in [2.75, 3.05) is 39.3 Å². The summed E-state index contributed by atoms with van der Waals surface area (Å²) in [5.41, 5.74) is 0.415. The van der Waals surface area contributed by atoms with E-state index in [1.165, 1.54) is 12.5 Å². The summed E-state index contributed by atoms with van der Waals surface area (Å²) in [6.45, 7) is 7.46. The van der Waals surface area contributed by atoms with E-state index in [4.69, 9.17) is 4.42 Å². The van der Waals surface area contributed by atoms with Gasteiger partial charge in [-0.2, -0.15) is 0 Å². The van der Waals surface area contributed by atoms with Crippen molar-refractivity contribution in [1.29, 1.82) is 0 Å². The van der Waals surface area contributed by atoms with E-state index >= 15 is 0 Å². The van der Waals surface area contributed by atoms with Gasteiger partial charge in [0, 0.05) is 32.7 Å². The lowest BCUT2D eigenvalue weighted by molar-refractivity contribution is -0.122. The topological polar surface area (TPSA) is 86.6 Å². The molecule has 0 saturated carbocycles. The minimum atomic E-state index is -0.568. The Bertz CT molecular complexity index is 475. The molecule has 0 bridgehead atoms. The van der Waals surface area contributed by atoms with Crippen molar-refractivity contribution >= 4 is 24.2 Å². The number of hydrogen-bond acceptors (Lipinski definition) is 5. The van der Waals surface area contributed by atoms with E-state index in [1.54, 1.807) is 13.0 Å². The number of carbonyl (C=O) groups is 2. The van der Waals surface area contributed by atoms with E-state index in [2.05, 4.69) is 20.9 Å². The first kappa shape index (κ1) is 19.5. The number of carbonyl (C=O) groups excluding carboxylic acids is 2. The lowest BCUT2D eigenvalue weighted by Crippen LogP contribution is -2.46. The number of furan rings is 1. The number of halogens is 1. The number of amides is 2. The van der Waals surface area contributed by atoms with Crippen LogP contribution in [0.3, 0.4) is 0 Å². The van der Waals surface area contributed by atoms with E-state index in [1.807, 2.05) is 0 Å². The molecule has 1 saturated heterocycles. The molecule has 0 aliphatic carbocycles. The SMILES string of the molecule is CC(NC(=O)c1ccoc1)C(=O)NCCCN1CCNCC1.Cl. The number of piperazine rings is 1. The molecule has 1 aliphatic rings. The molecule has 2 rings (SSSR count). The molecule has 1 aliphatic heterocycles. The first-order chi connectivity index (χ1) is 10.7. The van der Waals surface area contributed by atoms with E-state index in [0.717, 1.165) is 39.1 Å². The van der Waals surface area contributed by atoms with Crippen molar-refractivity contribution in [1.82, 2.24) is 20.9 Å². The summed E-state index contributed by atoms with van der Waals surface area (Å²) in [6, 6.07) is 0.995. The van der Waals surface area contributed by atoms with E-state index in [9.17, 15) is 9.59 Å². The third-order valence-electron chi connectivity index (χ3n) is 3.68. The van der Waals surface area contributed by atoms with Crippen molar-refractivity contribution in [3.05, 3.63) is 24.2 Å². The van der Waals surface area contributed by atoms with Crippen LogP contribution in [0.2, 0.25) is 0 Å². The second-order valence-corrected chi connectivity index (χ2v) is 5.44. The number of nitrogens with zero attached hydrogens (tertiary/aromatic N) is 1. The fourth-order valence-electron chi connectivity index (χ4n) is 2.34. The Morgan fingerprint density at radius 2 is 2.13 bits per heavy atom. The zero-order valence-corrected chi connectivity index (χ0v) is 14.2. The minimum Gasteiger partial charge on any atom is -0.472 e. The Kier molecular flexibility index (Phi) is 8.68. The maximum Gasteiger partial charge on any atom is 0.255 e. The van der Waals surface area contributed by atoms with Crippen LogP contribution in [0, 0.1) is 0 Å². The van der Waals surface area contributed by atoms with Gasteiger partial charge in [-0.25, -0.2) is 0 Å². The van der Waals surface area contributed by atoms with Crippen LogP contribution >= 0.6 is 12.4 Å². The van der Waals surface area contributed by atoms with Gasteiger partial charge in [-0.05, 0) is 26.0 Å². The highest BCUT2D eigenvalue weighted by Crippen LogP contribution is 2.00. The molecule has 3 N–H and O–H groups in total. The number of rotatable bonds is 7. The molecule has 2 heterocycles. The van der Waals surface area contributed by atoms with Crippen LogP contribution in [-0.4, -0.2) is 62.0 Å². The molecule has 1 aromatic heterocycles. The highest BCUT2D eigenvalue weighted by atomic mass is 35.5.